The average Bonchev–Trinajstić information content (AvgIpc) is 3.14. The molecule has 3 aromatic rings. The lowest BCUT2D eigenvalue weighted by Crippen LogP contribution is -3.16. The summed E-state index contributed by atoms with van der Waals surface area (Å²) in [6, 6.07) is 13.0. The third kappa shape index (κ3) is 3.34. The first kappa shape index (κ1) is 17.1. The van der Waals surface area contributed by atoms with Crippen molar-refractivity contribution in [3.63, 3.8) is 0 Å². The number of hydrogen-bond acceptors (Lipinski definition) is 3. The molecule has 27 heavy (non-hydrogen) atoms. The van der Waals surface area contributed by atoms with E-state index in [1.54, 1.807) is 16.2 Å². The van der Waals surface area contributed by atoms with Crippen LogP contribution in [0.5, 0.6) is 0 Å². The van der Waals surface area contributed by atoms with E-state index in [2.05, 4.69) is 17.1 Å². The van der Waals surface area contributed by atoms with Gasteiger partial charge >= 0.3 is 0 Å². The van der Waals surface area contributed by atoms with Gasteiger partial charge in [-0.1, -0.05) is 36.8 Å². The van der Waals surface area contributed by atoms with Gasteiger partial charge in [0, 0.05) is 10.8 Å². The Morgan fingerprint density at radius 3 is 2.81 bits per heavy atom. The Morgan fingerprint density at radius 2 is 1.93 bits per heavy atom. The van der Waals surface area contributed by atoms with Crippen LogP contribution in [0, 0.1) is 5.92 Å². The van der Waals surface area contributed by atoms with Gasteiger partial charge in [-0.15, -0.1) is 11.3 Å². The van der Waals surface area contributed by atoms with Crippen molar-refractivity contribution < 1.29 is 4.90 Å². The number of H-pyrrole nitrogens is 1. The van der Waals surface area contributed by atoms with Gasteiger partial charge in [0.05, 0.1) is 18.0 Å². The van der Waals surface area contributed by atoms with Crippen molar-refractivity contribution in [3.05, 3.63) is 52.6 Å². The molecule has 2 N–H and O–H groups in total. The number of likely N-dealkylation sites (tertiary alicyclic amines) is 1. The van der Waals surface area contributed by atoms with Gasteiger partial charge in [-0.3, -0.25) is 4.79 Å². The maximum absolute atomic E-state index is 12.7. The summed E-state index contributed by atoms with van der Waals surface area (Å²) in [5.41, 5.74) is 1.15. The lowest BCUT2D eigenvalue weighted by molar-refractivity contribution is -0.949. The quantitative estimate of drug-likeness (QED) is 0.732. The van der Waals surface area contributed by atoms with Crippen LogP contribution in [0.25, 0.3) is 20.7 Å². The molecule has 1 aliphatic carbocycles. The van der Waals surface area contributed by atoms with Crippen molar-refractivity contribution >= 4 is 21.6 Å². The molecule has 1 saturated heterocycles. The molecule has 1 saturated carbocycles. The van der Waals surface area contributed by atoms with Crippen LogP contribution < -0.4 is 10.5 Å². The molecular weight excluding hydrogens is 354 g/mol. The minimum atomic E-state index is 0.00466. The molecule has 1 aromatic carbocycles. The van der Waals surface area contributed by atoms with Gasteiger partial charge in [-0.2, -0.15) is 0 Å². The second kappa shape index (κ2) is 7.21. The summed E-state index contributed by atoms with van der Waals surface area (Å²) in [5, 5.41) is 0.715. The predicted octanol–water partition coefficient (Wildman–Crippen LogP) is 3.39. The molecular formula is C22H26N3OS+. The third-order valence-electron chi connectivity index (χ3n) is 6.41. The zero-order chi connectivity index (χ0) is 18.2. The Hall–Kier alpha value is -1.98. The SMILES string of the molecule is O=c1[nH]c(C[NH+]2CCC[C@H]3CCCC[C@@H]32)nc2sc(-c3ccccc3)cc12. The normalized spacial score (nSPS) is 25.4. The van der Waals surface area contributed by atoms with E-state index in [0.29, 0.717) is 5.39 Å². The molecule has 0 spiro atoms. The number of aromatic nitrogens is 2. The number of aromatic amines is 1. The van der Waals surface area contributed by atoms with E-state index < -0.39 is 0 Å². The van der Waals surface area contributed by atoms with E-state index >= 15 is 0 Å². The van der Waals surface area contributed by atoms with E-state index in [9.17, 15) is 4.79 Å². The van der Waals surface area contributed by atoms with Gasteiger partial charge in [0.25, 0.3) is 5.56 Å². The fourth-order valence-electron chi connectivity index (χ4n) is 5.11. The van der Waals surface area contributed by atoms with E-state index in [0.717, 1.165) is 39.6 Å². The number of hydrogen-bond donors (Lipinski definition) is 2. The van der Waals surface area contributed by atoms with Crippen molar-refractivity contribution in [2.75, 3.05) is 6.54 Å². The highest BCUT2D eigenvalue weighted by molar-refractivity contribution is 7.21. The van der Waals surface area contributed by atoms with Gasteiger partial charge in [0.2, 0.25) is 0 Å². The van der Waals surface area contributed by atoms with Gasteiger partial charge < -0.3 is 9.88 Å². The van der Waals surface area contributed by atoms with Crippen LogP contribution in [0.1, 0.15) is 44.3 Å². The number of nitrogens with zero attached hydrogens (tertiary/aromatic N) is 1. The van der Waals surface area contributed by atoms with E-state index in [-0.39, 0.29) is 5.56 Å². The van der Waals surface area contributed by atoms with Crippen molar-refractivity contribution in [2.45, 2.75) is 51.1 Å². The van der Waals surface area contributed by atoms with E-state index in [1.807, 2.05) is 24.3 Å². The maximum Gasteiger partial charge on any atom is 0.259 e. The Bertz CT molecular complexity index is 992. The highest BCUT2D eigenvalue weighted by Crippen LogP contribution is 2.31. The van der Waals surface area contributed by atoms with E-state index in [4.69, 9.17) is 4.98 Å². The lowest BCUT2D eigenvalue weighted by Gasteiger charge is -2.40. The average molecular weight is 381 g/mol. The third-order valence-corrected chi connectivity index (χ3v) is 7.49. The van der Waals surface area contributed by atoms with Crippen LogP contribution in [0.2, 0.25) is 0 Å². The van der Waals surface area contributed by atoms with Crippen molar-refractivity contribution in [1.82, 2.24) is 9.97 Å². The maximum atomic E-state index is 12.7. The second-order valence-electron chi connectivity index (χ2n) is 8.09. The smallest absolute Gasteiger partial charge is 0.259 e. The zero-order valence-electron chi connectivity index (χ0n) is 15.5. The van der Waals surface area contributed by atoms with Gasteiger partial charge in [-0.05, 0) is 43.7 Å². The van der Waals surface area contributed by atoms with Crippen LogP contribution in [-0.2, 0) is 6.54 Å². The van der Waals surface area contributed by atoms with Crippen molar-refractivity contribution in [1.29, 1.82) is 0 Å². The summed E-state index contributed by atoms with van der Waals surface area (Å²) in [7, 11) is 0. The van der Waals surface area contributed by atoms with Crippen LogP contribution in [0.3, 0.4) is 0 Å². The van der Waals surface area contributed by atoms with Crippen molar-refractivity contribution in [3.8, 4) is 10.4 Å². The first-order valence-electron chi connectivity index (χ1n) is 10.2. The Balaban J connectivity index is 1.45. The van der Waals surface area contributed by atoms with Crippen LogP contribution >= 0.6 is 11.3 Å². The lowest BCUT2D eigenvalue weighted by atomic mass is 9.78. The molecule has 0 radical (unpaired) electrons. The molecule has 3 heterocycles. The number of quaternary nitrogens is 1. The summed E-state index contributed by atoms with van der Waals surface area (Å²) in [4.78, 5) is 24.2. The van der Waals surface area contributed by atoms with Gasteiger partial charge in [-0.25, -0.2) is 4.98 Å². The molecule has 1 aliphatic heterocycles. The molecule has 0 bridgehead atoms. The van der Waals surface area contributed by atoms with Gasteiger partial charge in [0.15, 0.2) is 5.82 Å². The van der Waals surface area contributed by atoms with Crippen LogP contribution in [0.4, 0.5) is 0 Å². The Labute approximate surface area is 163 Å². The number of rotatable bonds is 3. The fourth-order valence-corrected chi connectivity index (χ4v) is 6.16. The molecule has 0 amide bonds. The largest absolute Gasteiger partial charge is 0.326 e. The molecule has 5 rings (SSSR count). The second-order valence-corrected chi connectivity index (χ2v) is 9.12. The Kier molecular flexibility index (Phi) is 4.58. The molecule has 2 fully saturated rings. The predicted molar refractivity (Wildman–Crippen MR) is 110 cm³/mol. The Morgan fingerprint density at radius 1 is 1.11 bits per heavy atom. The standard InChI is InChI=1S/C22H25N3OS/c26-21-17-13-19(16-8-2-1-3-9-16)27-22(17)24-20(23-21)14-25-12-6-10-15-7-4-5-11-18(15)25/h1-3,8-9,13,15,18H,4-7,10-12,14H2,(H,23,24,26)/p+1/t15-,18+/m1/s1. The number of thiophene rings is 1. The summed E-state index contributed by atoms with van der Waals surface area (Å²) in [6.45, 7) is 2.06. The summed E-state index contributed by atoms with van der Waals surface area (Å²) in [6.07, 6.45) is 8.18. The first-order valence-corrected chi connectivity index (χ1v) is 11.0. The first-order chi connectivity index (χ1) is 13.3. The topological polar surface area (TPSA) is 50.2 Å². The van der Waals surface area contributed by atoms with Crippen molar-refractivity contribution in [2.24, 2.45) is 5.92 Å². The minimum Gasteiger partial charge on any atom is -0.326 e. The summed E-state index contributed by atoms with van der Waals surface area (Å²) >= 11 is 1.62. The fraction of sp³-hybridized carbons (Fsp3) is 0.455. The monoisotopic (exact) mass is 380 g/mol. The van der Waals surface area contributed by atoms with E-state index in [1.165, 1.54) is 45.1 Å². The molecule has 5 heteroatoms. The zero-order valence-corrected chi connectivity index (χ0v) is 16.4. The molecule has 2 aliphatic rings. The van der Waals surface area contributed by atoms with Crippen LogP contribution in [0.15, 0.2) is 41.2 Å². The number of fused-ring (bicyclic) bond motifs is 2. The van der Waals surface area contributed by atoms with Crippen LogP contribution in [-0.4, -0.2) is 22.6 Å². The highest BCUT2D eigenvalue weighted by Gasteiger charge is 2.36. The molecule has 3 atom stereocenters. The molecule has 4 nitrogen and oxygen atoms in total. The number of piperidine rings is 1. The number of nitrogens with one attached hydrogen (secondary N) is 2. The summed E-state index contributed by atoms with van der Waals surface area (Å²) < 4.78 is 0. The molecule has 1 unspecified atom stereocenters. The summed E-state index contributed by atoms with van der Waals surface area (Å²) in [5.74, 6) is 1.74. The molecule has 2 aromatic heterocycles. The number of benzene rings is 1. The molecule has 140 valence electrons. The van der Waals surface area contributed by atoms with Gasteiger partial charge in [0.1, 0.15) is 11.4 Å². The highest BCUT2D eigenvalue weighted by atomic mass is 32.1. The minimum absolute atomic E-state index is 0.00466.